The Morgan fingerprint density at radius 3 is 2.77 bits per heavy atom. The van der Waals surface area contributed by atoms with Gasteiger partial charge in [-0.15, -0.1) is 0 Å². The van der Waals surface area contributed by atoms with Crippen molar-refractivity contribution < 1.29 is 0 Å². The molecule has 0 bridgehead atoms. The average molecular weight is 197 g/mol. The van der Waals surface area contributed by atoms with Gasteiger partial charge in [-0.3, -0.25) is 0 Å². The lowest BCUT2D eigenvalue weighted by Gasteiger charge is -2.39. The zero-order chi connectivity index (χ0) is 9.42. The van der Waals surface area contributed by atoms with Gasteiger partial charge in [-0.2, -0.15) is 0 Å². The summed E-state index contributed by atoms with van der Waals surface area (Å²) in [5.74, 6) is 0.776. The van der Waals surface area contributed by atoms with Crippen molar-refractivity contribution in [3.05, 3.63) is 23.2 Å². The SMILES string of the molecule is CC1CN(c2cc(Cl)ccc2N)C1. The van der Waals surface area contributed by atoms with Crippen molar-refractivity contribution in [2.45, 2.75) is 6.92 Å². The van der Waals surface area contributed by atoms with Gasteiger partial charge >= 0.3 is 0 Å². The van der Waals surface area contributed by atoms with Gasteiger partial charge in [-0.1, -0.05) is 18.5 Å². The zero-order valence-corrected chi connectivity index (χ0v) is 8.38. The molecule has 1 aliphatic heterocycles. The van der Waals surface area contributed by atoms with Crippen LogP contribution in [0.4, 0.5) is 11.4 Å². The maximum absolute atomic E-state index is 5.90. The largest absolute Gasteiger partial charge is 0.397 e. The summed E-state index contributed by atoms with van der Waals surface area (Å²) >= 11 is 5.90. The number of benzene rings is 1. The Balaban J connectivity index is 2.24. The van der Waals surface area contributed by atoms with E-state index in [1.165, 1.54) is 0 Å². The molecule has 1 heterocycles. The van der Waals surface area contributed by atoms with Crippen molar-refractivity contribution in [2.24, 2.45) is 5.92 Å². The average Bonchev–Trinajstić information content (AvgIpc) is 2.04. The molecular weight excluding hydrogens is 184 g/mol. The van der Waals surface area contributed by atoms with Gasteiger partial charge in [0.05, 0.1) is 11.4 Å². The van der Waals surface area contributed by atoms with E-state index in [0.29, 0.717) is 0 Å². The summed E-state index contributed by atoms with van der Waals surface area (Å²) in [5, 5.41) is 0.753. The third-order valence-corrected chi connectivity index (χ3v) is 2.63. The predicted molar refractivity (Wildman–Crippen MR) is 57.2 cm³/mol. The van der Waals surface area contributed by atoms with E-state index in [1.807, 2.05) is 18.2 Å². The molecule has 0 amide bonds. The van der Waals surface area contributed by atoms with Gasteiger partial charge in [-0.25, -0.2) is 0 Å². The van der Waals surface area contributed by atoms with Gasteiger partial charge < -0.3 is 10.6 Å². The van der Waals surface area contributed by atoms with Gasteiger partial charge in [0.2, 0.25) is 0 Å². The molecule has 1 saturated heterocycles. The molecule has 0 aliphatic carbocycles. The lowest BCUT2D eigenvalue weighted by Crippen LogP contribution is -2.45. The van der Waals surface area contributed by atoms with E-state index < -0.39 is 0 Å². The number of halogens is 1. The second kappa shape index (κ2) is 3.11. The van der Waals surface area contributed by atoms with Crippen LogP contribution in [0.1, 0.15) is 6.92 Å². The summed E-state index contributed by atoms with van der Waals surface area (Å²) in [6.07, 6.45) is 0. The Hall–Kier alpha value is -0.890. The van der Waals surface area contributed by atoms with Crippen LogP contribution in [0.3, 0.4) is 0 Å². The number of rotatable bonds is 1. The Morgan fingerprint density at radius 1 is 1.46 bits per heavy atom. The molecule has 13 heavy (non-hydrogen) atoms. The van der Waals surface area contributed by atoms with Gasteiger partial charge in [0.15, 0.2) is 0 Å². The molecule has 70 valence electrons. The van der Waals surface area contributed by atoms with Gasteiger partial charge in [0.1, 0.15) is 0 Å². The highest BCUT2D eigenvalue weighted by Gasteiger charge is 2.23. The molecule has 2 rings (SSSR count). The maximum Gasteiger partial charge on any atom is 0.0615 e. The molecule has 0 aromatic heterocycles. The quantitative estimate of drug-likeness (QED) is 0.699. The van der Waals surface area contributed by atoms with E-state index in [4.69, 9.17) is 17.3 Å². The van der Waals surface area contributed by atoms with E-state index in [1.54, 1.807) is 0 Å². The predicted octanol–water partition coefficient (Wildman–Crippen LogP) is 2.38. The third-order valence-electron chi connectivity index (χ3n) is 2.40. The first-order valence-corrected chi connectivity index (χ1v) is 4.84. The highest BCUT2D eigenvalue weighted by Crippen LogP contribution is 2.31. The Bertz CT molecular complexity index is 319. The van der Waals surface area contributed by atoms with Crippen LogP contribution in [0.25, 0.3) is 0 Å². The fourth-order valence-electron chi connectivity index (χ4n) is 1.69. The molecule has 0 radical (unpaired) electrons. The lowest BCUT2D eigenvalue weighted by atomic mass is 10.0. The van der Waals surface area contributed by atoms with Crippen LogP contribution in [0, 0.1) is 5.92 Å². The number of nitrogen functional groups attached to an aromatic ring is 1. The van der Waals surface area contributed by atoms with Crippen LogP contribution in [0.5, 0.6) is 0 Å². The molecule has 0 unspecified atom stereocenters. The first kappa shape index (κ1) is 8.70. The van der Waals surface area contributed by atoms with Crippen molar-refractivity contribution in [3.8, 4) is 0 Å². The molecule has 2 N–H and O–H groups in total. The number of nitrogens with two attached hydrogens (primary N) is 1. The van der Waals surface area contributed by atoms with E-state index in [0.717, 1.165) is 35.4 Å². The normalized spacial score (nSPS) is 17.2. The molecule has 0 spiro atoms. The minimum absolute atomic E-state index is 0.753. The van der Waals surface area contributed by atoms with E-state index >= 15 is 0 Å². The molecular formula is C10H13ClN2. The second-order valence-electron chi connectivity index (χ2n) is 3.71. The number of hydrogen-bond donors (Lipinski definition) is 1. The molecule has 1 aliphatic rings. The highest BCUT2D eigenvalue weighted by molar-refractivity contribution is 6.31. The first-order valence-electron chi connectivity index (χ1n) is 4.47. The maximum atomic E-state index is 5.90. The second-order valence-corrected chi connectivity index (χ2v) is 4.15. The minimum atomic E-state index is 0.753. The summed E-state index contributed by atoms with van der Waals surface area (Å²) in [7, 11) is 0. The number of hydrogen-bond acceptors (Lipinski definition) is 2. The topological polar surface area (TPSA) is 29.3 Å². The van der Waals surface area contributed by atoms with Gasteiger partial charge in [-0.05, 0) is 24.1 Å². The number of nitrogens with zero attached hydrogens (tertiary/aromatic N) is 1. The molecule has 1 aromatic carbocycles. The van der Waals surface area contributed by atoms with Crippen LogP contribution in [-0.4, -0.2) is 13.1 Å². The highest BCUT2D eigenvalue weighted by atomic mass is 35.5. The molecule has 3 heteroatoms. The summed E-state index contributed by atoms with van der Waals surface area (Å²) in [4.78, 5) is 2.26. The van der Waals surface area contributed by atoms with Crippen molar-refractivity contribution in [3.63, 3.8) is 0 Å². The van der Waals surface area contributed by atoms with Crippen LogP contribution in [0.15, 0.2) is 18.2 Å². The van der Waals surface area contributed by atoms with E-state index in [2.05, 4.69) is 11.8 Å². The lowest BCUT2D eigenvalue weighted by molar-refractivity contribution is 0.448. The third kappa shape index (κ3) is 1.59. The van der Waals surface area contributed by atoms with Crippen molar-refractivity contribution >= 4 is 23.0 Å². The van der Waals surface area contributed by atoms with Gasteiger partial charge in [0.25, 0.3) is 0 Å². The fourth-order valence-corrected chi connectivity index (χ4v) is 1.85. The van der Waals surface area contributed by atoms with Crippen molar-refractivity contribution in [1.82, 2.24) is 0 Å². The van der Waals surface area contributed by atoms with Crippen LogP contribution < -0.4 is 10.6 Å². The molecule has 1 fully saturated rings. The molecule has 0 saturated carbocycles. The monoisotopic (exact) mass is 196 g/mol. The Labute approximate surface area is 83.3 Å². The van der Waals surface area contributed by atoms with E-state index in [9.17, 15) is 0 Å². The number of anilines is 2. The Kier molecular flexibility index (Phi) is 2.08. The van der Waals surface area contributed by atoms with E-state index in [-0.39, 0.29) is 0 Å². The summed E-state index contributed by atoms with van der Waals surface area (Å²) in [6.45, 7) is 4.41. The van der Waals surface area contributed by atoms with Crippen molar-refractivity contribution in [2.75, 3.05) is 23.7 Å². The molecule has 1 aromatic rings. The smallest absolute Gasteiger partial charge is 0.0615 e. The van der Waals surface area contributed by atoms with Crippen LogP contribution in [-0.2, 0) is 0 Å². The molecule has 0 atom stereocenters. The zero-order valence-electron chi connectivity index (χ0n) is 7.63. The minimum Gasteiger partial charge on any atom is -0.397 e. The summed E-state index contributed by atoms with van der Waals surface area (Å²) < 4.78 is 0. The van der Waals surface area contributed by atoms with Crippen LogP contribution in [0.2, 0.25) is 5.02 Å². The fraction of sp³-hybridized carbons (Fsp3) is 0.400. The standard InChI is InChI=1S/C10H13ClN2/c1-7-5-13(6-7)10-4-8(11)2-3-9(10)12/h2-4,7H,5-6,12H2,1H3. The summed E-state index contributed by atoms with van der Waals surface area (Å²) in [6, 6.07) is 5.62. The van der Waals surface area contributed by atoms with Crippen molar-refractivity contribution in [1.29, 1.82) is 0 Å². The Morgan fingerprint density at radius 2 is 2.15 bits per heavy atom. The molecule has 2 nitrogen and oxygen atoms in total. The first-order chi connectivity index (χ1) is 6.16. The summed E-state index contributed by atoms with van der Waals surface area (Å²) in [5.41, 5.74) is 7.74. The van der Waals surface area contributed by atoms with Gasteiger partial charge in [0, 0.05) is 18.1 Å². The van der Waals surface area contributed by atoms with Crippen LogP contribution >= 0.6 is 11.6 Å².